The SMILES string of the molecule is C#CCCC(O)c1cccc(C)c1F. The number of halogens is 1. The molecule has 0 saturated carbocycles. The molecule has 0 aromatic heterocycles. The minimum absolute atomic E-state index is 0.334. The molecule has 0 fully saturated rings. The van der Waals surface area contributed by atoms with Gasteiger partial charge in [0.1, 0.15) is 5.82 Å². The zero-order valence-corrected chi connectivity index (χ0v) is 8.13. The predicted molar refractivity (Wildman–Crippen MR) is 54.2 cm³/mol. The summed E-state index contributed by atoms with van der Waals surface area (Å²) in [4.78, 5) is 0. The van der Waals surface area contributed by atoms with E-state index < -0.39 is 6.10 Å². The molecule has 74 valence electrons. The molecule has 14 heavy (non-hydrogen) atoms. The topological polar surface area (TPSA) is 20.2 Å². The molecule has 1 aromatic rings. The van der Waals surface area contributed by atoms with Gasteiger partial charge in [0.15, 0.2) is 0 Å². The molecule has 2 heteroatoms. The first-order valence-electron chi connectivity index (χ1n) is 4.53. The average Bonchev–Trinajstić information content (AvgIpc) is 2.18. The molecule has 0 heterocycles. The zero-order chi connectivity index (χ0) is 10.6. The Labute approximate surface area is 83.6 Å². The van der Waals surface area contributed by atoms with Crippen LogP contribution in [0.1, 0.15) is 30.1 Å². The highest BCUT2D eigenvalue weighted by molar-refractivity contribution is 5.26. The van der Waals surface area contributed by atoms with E-state index in [1.54, 1.807) is 25.1 Å². The highest BCUT2D eigenvalue weighted by Gasteiger charge is 2.12. The van der Waals surface area contributed by atoms with E-state index in [0.29, 0.717) is 24.0 Å². The summed E-state index contributed by atoms with van der Waals surface area (Å²) >= 11 is 0. The van der Waals surface area contributed by atoms with Crippen LogP contribution in [0.3, 0.4) is 0 Å². The van der Waals surface area contributed by atoms with Crippen LogP contribution in [0.15, 0.2) is 18.2 Å². The van der Waals surface area contributed by atoms with Gasteiger partial charge in [-0.2, -0.15) is 0 Å². The first-order valence-corrected chi connectivity index (χ1v) is 4.53. The number of terminal acetylenes is 1. The van der Waals surface area contributed by atoms with E-state index >= 15 is 0 Å². The van der Waals surface area contributed by atoms with Crippen molar-refractivity contribution in [1.29, 1.82) is 0 Å². The van der Waals surface area contributed by atoms with Crippen LogP contribution in [0.4, 0.5) is 4.39 Å². The van der Waals surface area contributed by atoms with Gasteiger partial charge in [-0.3, -0.25) is 0 Å². The number of rotatable bonds is 3. The lowest BCUT2D eigenvalue weighted by atomic mass is 10.0. The van der Waals surface area contributed by atoms with Crippen molar-refractivity contribution in [2.75, 3.05) is 0 Å². The lowest BCUT2D eigenvalue weighted by molar-refractivity contribution is 0.164. The van der Waals surface area contributed by atoms with Gasteiger partial charge in [-0.15, -0.1) is 12.3 Å². The van der Waals surface area contributed by atoms with Gasteiger partial charge in [-0.25, -0.2) is 4.39 Å². The van der Waals surface area contributed by atoms with E-state index in [1.807, 2.05) is 0 Å². The molecule has 0 bridgehead atoms. The molecule has 0 radical (unpaired) electrons. The molecule has 0 amide bonds. The lowest BCUT2D eigenvalue weighted by Gasteiger charge is -2.11. The number of aryl methyl sites for hydroxylation is 1. The van der Waals surface area contributed by atoms with Crippen LogP contribution in [0.2, 0.25) is 0 Å². The molecular weight excluding hydrogens is 179 g/mol. The Balaban J connectivity index is 2.85. The number of benzene rings is 1. The first kappa shape index (κ1) is 10.7. The molecule has 0 aliphatic carbocycles. The van der Waals surface area contributed by atoms with Gasteiger partial charge in [0.25, 0.3) is 0 Å². The molecule has 0 aliphatic heterocycles. The summed E-state index contributed by atoms with van der Waals surface area (Å²) in [6.07, 6.45) is 5.12. The van der Waals surface area contributed by atoms with Gasteiger partial charge in [0.2, 0.25) is 0 Å². The third-order valence-electron chi connectivity index (χ3n) is 2.14. The quantitative estimate of drug-likeness (QED) is 0.730. The average molecular weight is 192 g/mol. The van der Waals surface area contributed by atoms with Crippen molar-refractivity contribution in [3.05, 3.63) is 35.1 Å². The van der Waals surface area contributed by atoms with Crippen LogP contribution in [-0.4, -0.2) is 5.11 Å². The Morgan fingerprint density at radius 3 is 2.93 bits per heavy atom. The maximum absolute atomic E-state index is 13.5. The summed E-state index contributed by atoms with van der Waals surface area (Å²) in [5.41, 5.74) is 0.877. The van der Waals surface area contributed by atoms with Crippen LogP contribution >= 0.6 is 0 Å². The third kappa shape index (κ3) is 2.34. The number of aliphatic hydroxyl groups is 1. The molecule has 1 aromatic carbocycles. The molecule has 1 rings (SSSR count). The molecule has 1 atom stereocenters. The molecule has 0 spiro atoms. The minimum atomic E-state index is -0.800. The van der Waals surface area contributed by atoms with E-state index in [-0.39, 0.29) is 5.82 Å². The fraction of sp³-hybridized carbons (Fsp3) is 0.333. The van der Waals surface area contributed by atoms with Crippen molar-refractivity contribution >= 4 is 0 Å². The molecule has 0 saturated heterocycles. The van der Waals surface area contributed by atoms with E-state index in [2.05, 4.69) is 5.92 Å². The Kier molecular flexibility index (Phi) is 3.67. The molecule has 1 nitrogen and oxygen atoms in total. The highest BCUT2D eigenvalue weighted by atomic mass is 19.1. The molecule has 0 aliphatic rings. The summed E-state index contributed by atoms with van der Waals surface area (Å²) in [5.74, 6) is 2.08. The van der Waals surface area contributed by atoms with Gasteiger partial charge in [-0.05, 0) is 18.9 Å². The van der Waals surface area contributed by atoms with Crippen LogP contribution < -0.4 is 0 Å². The van der Waals surface area contributed by atoms with E-state index in [9.17, 15) is 9.50 Å². The fourth-order valence-electron chi connectivity index (χ4n) is 1.30. The van der Waals surface area contributed by atoms with Crippen LogP contribution in [0.25, 0.3) is 0 Å². The van der Waals surface area contributed by atoms with Crippen molar-refractivity contribution in [1.82, 2.24) is 0 Å². The van der Waals surface area contributed by atoms with Crippen molar-refractivity contribution in [3.63, 3.8) is 0 Å². The predicted octanol–water partition coefficient (Wildman–Crippen LogP) is 2.58. The summed E-state index contributed by atoms with van der Waals surface area (Å²) in [7, 11) is 0. The Bertz CT molecular complexity index is 352. The van der Waals surface area contributed by atoms with Crippen LogP contribution in [0, 0.1) is 25.1 Å². The largest absolute Gasteiger partial charge is 0.388 e. The first-order chi connectivity index (χ1) is 6.66. The number of aliphatic hydroxyl groups excluding tert-OH is 1. The Hall–Kier alpha value is -1.33. The lowest BCUT2D eigenvalue weighted by Crippen LogP contribution is -2.01. The van der Waals surface area contributed by atoms with E-state index in [1.165, 1.54) is 0 Å². The number of hydrogen-bond acceptors (Lipinski definition) is 1. The molecule has 1 N–H and O–H groups in total. The van der Waals surface area contributed by atoms with Crippen molar-refractivity contribution in [3.8, 4) is 12.3 Å². The van der Waals surface area contributed by atoms with Gasteiger partial charge in [0.05, 0.1) is 6.10 Å². The highest BCUT2D eigenvalue weighted by Crippen LogP contribution is 2.22. The third-order valence-corrected chi connectivity index (χ3v) is 2.14. The maximum Gasteiger partial charge on any atom is 0.131 e. The van der Waals surface area contributed by atoms with Gasteiger partial charge in [-0.1, -0.05) is 18.2 Å². The van der Waals surface area contributed by atoms with Crippen LogP contribution in [-0.2, 0) is 0 Å². The summed E-state index contributed by atoms with van der Waals surface area (Å²) < 4.78 is 13.5. The second kappa shape index (κ2) is 4.78. The standard InChI is InChI=1S/C12H13FO/c1-3-4-8-11(14)10-7-5-6-9(2)12(10)13/h1,5-7,11,14H,4,8H2,2H3. The second-order valence-corrected chi connectivity index (χ2v) is 3.24. The van der Waals surface area contributed by atoms with Crippen molar-refractivity contribution in [2.24, 2.45) is 0 Å². The number of hydrogen-bond donors (Lipinski definition) is 1. The smallest absolute Gasteiger partial charge is 0.131 e. The second-order valence-electron chi connectivity index (χ2n) is 3.24. The Morgan fingerprint density at radius 1 is 1.57 bits per heavy atom. The van der Waals surface area contributed by atoms with Crippen molar-refractivity contribution in [2.45, 2.75) is 25.9 Å². The van der Waals surface area contributed by atoms with E-state index in [4.69, 9.17) is 6.42 Å². The molecule has 1 unspecified atom stereocenters. The molecular formula is C12H13FO. The van der Waals surface area contributed by atoms with Gasteiger partial charge >= 0.3 is 0 Å². The maximum atomic E-state index is 13.5. The monoisotopic (exact) mass is 192 g/mol. The summed E-state index contributed by atoms with van der Waals surface area (Å²) in [6.45, 7) is 1.67. The van der Waals surface area contributed by atoms with Crippen LogP contribution in [0.5, 0.6) is 0 Å². The normalized spacial score (nSPS) is 12.1. The fourth-order valence-corrected chi connectivity index (χ4v) is 1.30. The van der Waals surface area contributed by atoms with E-state index in [0.717, 1.165) is 0 Å². The van der Waals surface area contributed by atoms with Crippen molar-refractivity contribution < 1.29 is 9.50 Å². The summed E-state index contributed by atoms with van der Waals surface area (Å²) in [6, 6.07) is 4.99. The zero-order valence-electron chi connectivity index (χ0n) is 8.13. The van der Waals surface area contributed by atoms with Gasteiger partial charge < -0.3 is 5.11 Å². The minimum Gasteiger partial charge on any atom is -0.388 e. The Morgan fingerprint density at radius 2 is 2.29 bits per heavy atom. The summed E-state index contributed by atoms with van der Waals surface area (Å²) in [5, 5.41) is 9.62. The van der Waals surface area contributed by atoms with Gasteiger partial charge in [0, 0.05) is 12.0 Å².